The van der Waals surface area contributed by atoms with E-state index in [1.54, 1.807) is 10.4 Å². The fourth-order valence-corrected chi connectivity index (χ4v) is 3.66. The molecule has 1 atom stereocenters. The molecule has 1 aliphatic carbocycles. The standard InChI is InChI=1S/C12H17BrS/c1-9(13)12-8-10-6-4-2-3-5-7-11(10)14-12/h8-9H,2-7H2,1H3. The van der Waals surface area contributed by atoms with Gasteiger partial charge in [-0.05, 0) is 44.2 Å². The van der Waals surface area contributed by atoms with Crippen molar-refractivity contribution in [2.24, 2.45) is 0 Å². The minimum absolute atomic E-state index is 0.528. The Morgan fingerprint density at radius 1 is 1.21 bits per heavy atom. The van der Waals surface area contributed by atoms with Crippen molar-refractivity contribution in [3.05, 3.63) is 21.4 Å². The number of aryl methyl sites for hydroxylation is 2. The normalized spacial score (nSPS) is 19.6. The van der Waals surface area contributed by atoms with Crippen LogP contribution in [-0.2, 0) is 12.8 Å². The highest BCUT2D eigenvalue weighted by molar-refractivity contribution is 9.09. The molecule has 0 aromatic carbocycles. The molecule has 1 heterocycles. The summed E-state index contributed by atoms with van der Waals surface area (Å²) in [7, 11) is 0. The first-order valence-corrected chi connectivity index (χ1v) is 7.26. The monoisotopic (exact) mass is 272 g/mol. The van der Waals surface area contributed by atoms with Crippen LogP contribution in [0.5, 0.6) is 0 Å². The summed E-state index contributed by atoms with van der Waals surface area (Å²) in [6, 6.07) is 2.42. The summed E-state index contributed by atoms with van der Waals surface area (Å²) < 4.78 is 0. The minimum atomic E-state index is 0.528. The van der Waals surface area contributed by atoms with Crippen LogP contribution in [0.25, 0.3) is 0 Å². The Morgan fingerprint density at radius 3 is 2.64 bits per heavy atom. The van der Waals surface area contributed by atoms with Gasteiger partial charge in [-0.1, -0.05) is 28.8 Å². The molecule has 0 nitrogen and oxygen atoms in total. The quantitative estimate of drug-likeness (QED) is 0.641. The third-order valence-electron chi connectivity index (χ3n) is 2.91. The van der Waals surface area contributed by atoms with Crippen LogP contribution < -0.4 is 0 Å². The fraction of sp³-hybridized carbons (Fsp3) is 0.667. The third kappa shape index (κ3) is 2.40. The second-order valence-corrected chi connectivity index (χ2v) is 6.67. The Bertz CT molecular complexity index is 276. The smallest absolute Gasteiger partial charge is 0.0461 e. The average molecular weight is 273 g/mol. The molecule has 1 unspecified atom stereocenters. The Morgan fingerprint density at radius 2 is 1.93 bits per heavy atom. The van der Waals surface area contributed by atoms with Crippen molar-refractivity contribution in [1.82, 2.24) is 0 Å². The number of alkyl halides is 1. The van der Waals surface area contributed by atoms with Crippen LogP contribution in [0, 0.1) is 0 Å². The molecule has 2 rings (SSSR count). The zero-order valence-electron chi connectivity index (χ0n) is 8.68. The van der Waals surface area contributed by atoms with E-state index in [0.29, 0.717) is 4.83 Å². The van der Waals surface area contributed by atoms with E-state index in [1.807, 2.05) is 11.3 Å². The lowest BCUT2D eigenvalue weighted by molar-refractivity contribution is 0.622. The number of hydrogen-bond acceptors (Lipinski definition) is 1. The molecule has 14 heavy (non-hydrogen) atoms. The summed E-state index contributed by atoms with van der Waals surface area (Å²) >= 11 is 5.68. The molecule has 0 bridgehead atoms. The van der Waals surface area contributed by atoms with Gasteiger partial charge in [0.25, 0.3) is 0 Å². The first-order valence-electron chi connectivity index (χ1n) is 5.53. The predicted octanol–water partition coefficient (Wildman–Crippen LogP) is 4.86. The minimum Gasteiger partial charge on any atom is -0.144 e. The summed E-state index contributed by atoms with van der Waals surface area (Å²) in [5.41, 5.74) is 1.64. The van der Waals surface area contributed by atoms with Gasteiger partial charge in [0.15, 0.2) is 0 Å². The van der Waals surface area contributed by atoms with E-state index in [-0.39, 0.29) is 0 Å². The average Bonchev–Trinajstić information content (AvgIpc) is 2.48. The molecule has 0 fully saturated rings. The maximum atomic E-state index is 3.66. The van der Waals surface area contributed by atoms with Gasteiger partial charge >= 0.3 is 0 Å². The summed E-state index contributed by atoms with van der Waals surface area (Å²) in [5, 5.41) is 0. The van der Waals surface area contributed by atoms with Crippen LogP contribution in [0.15, 0.2) is 6.07 Å². The predicted molar refractivity (Wildman–Crippen MR) is 67.5 cm³/mol. The molecular formula is C12H17BrS. The molecule has 0 saturated carbocycles. The number of rotatable bonds is 1. The maximum absolute atomic E-state index is 3.66. The topological polar surface area (TPSA) is 0 Å². The molecule has 1 aliphatic rings. The van der Waals surface area contributed by atoms with E-state index >= 15 is 0 Å². The molecule has 0 aliphatic heterocycles. The van der Waals surface area contributed by atoms with E-state index < -0.39 is 0 Å². The molecule has 78 valence electrons. The molecule has 0 spiro atoms. The second-order valence-electron chi connectivity index (χ2n) is 4.13. The lowest BCUT2D eigenvalue weighted by Gasteiger charge is -2.07. The summed E-state index contributed by atoms with van der Waals surface area (Å²) in [5.74, 6) is 0. The van der Waals surface area contributed by atoms with Crippen molar-refractivity contribution in [3.63, 3.8) is 0 Å². The zero-order valence-corrected chi connectivity index (χ0v) is 11.1. The number of hydrogen-bond donors (Lipinski definition) is 0. The highest BCUT2D eigenvalue weighted by atomic mass is 79.9. The van der Waals surface area contributed by atoms with Gasteiger partial charge in [-0.25, -0.2) is 0 Å². The molecular weight excluding hydrogens is 256 g/mol. The van der Waals surface area contributed by atoms with Crippen LogP contribution in [0.1, 0.15) is 52.8 Å². The van der Waals surface area contributed by atoms with Gasteiger partial charge in [0.05, 0.1) is 0 Å². The Labute approximate surface area is 98.9 Å². The largest absolute Gasteiger partial charge is 0.144 e. The maximum Gasteiger partial charge on any atom is 0.0461 e. The second kappa shape index (κ2) is 4.80. The van der Waals surface area contributed by atoms with Crippen LogP contribution in [0.3, 0.4) is 0 Å². The third-order valence-corrected chi connectivity index (χ3v) is 5.12. The van der Waals surface area contributed by atoms with Gasteiger partial charge < -0.3 is 0 Å². The SMILES string of the molecule is CC(Br)c1cc2c(s1)CCCCCC2. The molecule has 0 amide bonds. The highest BCUT2D eigenvalue weighted by Gasteiger charge is 2.13. The summed E-state index contributed by atoms with van der Waals surface area (Å²) in [6.07, 6.45) is 8.26. The van der Waals surface area contributed by atoms with Crippen molar-refractivity contribution in [2.75, 3.05) is 0 Å². The first-order chi connectivity index (χ1) is 6.77. The molecule has 0 saturated heterocycles. The van der Waals surface area contributed by atoms with E-state index in [4.69, 9.17) is 0 Å². The molecule has 0 radical (unpaired) electrons. The number of halogens is 1. The van der Waals surface area contributed by atoms with Crippen molar-refractivity contribution < 1.29 is 0 Å². The Kier molecular flexibility index (Phi) is 3.67. The fourth-order valence-electron chi connectivity index (χ4n) is 2.06. The first kappa shape index (κ1) is 10.7. The molecule has 0 N–H and O–H groups in total. The van der Waals surface area contributed by atoms with E-state index in [9.17, 15) is 0 Å². The Hall–Kier alpha value is 0.180. The highest BCUT2D eigenvalue weighted by Crippen LogP contribution is 2.34. The van der Waals surface area contributed by atoms with Gasteiger partial charge in [-0.3, -0.25) is 0 Å². The summed E-state index contributed by atoms with van der Waals surface area (Å²) in [4.78, 5) is 3.70. The lowest BCUT2D eigenvalue weighted by Crippen LogP contribution is -1.94. The number of thiophene rings is 1. The van der Waals surface area contributed by atoms with Crippen LogP contribution in [0.2, 0.25) is 0 Å². The van der Waals surface area contributed by atoms with E-state index in [2.05, 4.69) is 28.9 Å². The van der Waals surface area contributed by atoms with Gasteiger partial charge in [0.1, 0.15) is 0 Å². The molecule has 2 heteroatoms. The summed E-state index contributed by atoms with van der Waals surface area (Å²) in [6.45, 7) is 2.22. The van der Waals surface area contributed by atoms with Crippen molar-refractivity contribution in [2.45, 2.75) is 50.3 Å². The van der Waals surface area contributed by atoms with Gasteiger partial charge in [-0.2, -0.15) is 0 Å². The Balaban J connectivity index is 2.23. The van der Waals surface area contributed by atoms with Crippen molar-refractivity contribution in [3.8, 4) is 0 Å². The van der Waals surface area contributed by atoms with Gasteiger partial charge in [0, 0.05) is 14.6 Å². The van der Waals surface area contributed by atoms with Crippen LogP contribution in [-0.4, -0.2) is 0 Å². The number of fused-ring (bicyclic) bond motifs is 1. The van der Waals surface area contributed by atoms with Crippen molar-refractivity contribution >= 4 is 27.3 Å². The van der Waals surface area contributed by atoms with Gasteiger partial charge in [0.2, 0.25) is 0 Å². The van der Waals surface area contributed by atoms with Crippen LogP contribution >= 0.6 is 27.3 Å². The molecule has 1 aromatic heterocycles. The molecule has 1 aromatic rings. The van der Waals surface area contributed by atoms with Crippen molar-refractivity contribution in [1.29, 1.82) is 0 Å². The van der Waals surface area contributed by atoms with E-state index in [1.165, 1.54) is 43.4 Å². The lowest BCUT2D eigenvalue weighted by atomic mass is 10.00. The van der Waals surface area contributed by atoms with E-state index in [0.717, 1.165) is 0 Å². The van der Waals surface area contributed by atoms with Crippen LogP contribution in [0.4, 0.5) is 0 Å². The van der Waals surface area contributed by atoms with Gasteiger partial charge in [-0.15, -0.1) is 11.3 Å². The zero-order chi connectivity index (χ0) is 9.97.